The van der Waals surface area contributed by atoms with E-state index in [0.29, 0.717) is 38.1 Å². The van der Waals surface area contributed by atoms with Gasteiger partial charge >= 0.3 is 5.97 Å². The van der Waals surface area contributed by atoms with Crippen molar-refractivity contribution in [1.29, 1.82) is 0 Å². The van der Waals surface area contributed by atoms with Gasteiger partial charge in [-0.3, -0.25) is 9.59 Å². The SMILES string of the molecule is CCOC(=O)C1CCN(C(=O)c2cc(I)ccc2O)CC1. The Balaban J connectivity index is 2.00. The molecule has 1 aromatic rings. The van der Waals surface area contributed by atoms with Crippen molar-refractivity contribution in [2.45, 2.75) is 19.8 Å². The lowest BCUT2D eigenvalue weighted by atomic mass is 9.96. The van der Waals surface area contributed by atoms with Crippen LogP contribution in [0.25, 0.3) is 0 Å². The number of hydrogen-bond donors (Lipinski definition) is 1. The second-order valence-electron chi connectivity index (χ2n) is 4.98. The third-order valence-corrected chi connectivity index (χ3v) is 4.26. The van der Waals surface area contributed by atoms with Gasteiger partial charge in [-0.25, -0.2) is 0 Å². The van der Waals surface area contributed by atoms with E-state index in [2.05, 4.69) is 22.6 Å². The zero-order valence-electron chi connectivity index (χ0n) is 11.8. The van der Waals surface area contributed by atoms with Gasteiger partial charge in [0.2, 0.25) is 0 Å². The number of phenols is 1. The molecule has 2 rings (SSSR count). The molecule has 1 aromatic carbocycles. The summed E-state index contributed by atoms with van der Waals surface area (Å²) in [4.78, 5) is 25.8. The Morgan fingerprint density at radius 2 is 2.05 bits per heavy atom. The molecule has 6 heteroatoms. The largest absolute Gasteiger partial charge is 0.507 e. The molecule has 1 amide bonds. The molecule has 114 valence electrons. The van der Waals surface area contributed by atoms with Gasteiger partial charge in [-0.15, -0.1) is 0 Å². The maximum Gasteiger partial charge on any atom is 0.309 e. The van der Waals surface area contributed by atoms with E-state index < -0.39 is 0 Å². The summed E-state index contributed by atoms with van der Waals surface area (Å²) in [5.74, 6) is -0.499. The monoisotopic (exact) mass is 403 g/mol. The van der Waals surface area contributed by atoms with Crippen LogP contribution in [0.2, 0.25) is 0 Å². The van der Waals surface area contributed by atoms with Crippen LogP contribution in [0.3, 0.4) is 0 Å². The standard InChI is InChI=1S/C15H18INO4/c1-2-21-15(20)10-5-7-17(8-6-10)14(19)12-9-11(16)3-4-13(12)18/h3-4,9-10,18H,2,5-8H2,1H3. The van der Waals surface area contributed by atoms with Gasteiger partial charge in [0.1, 0.15) is 5.75 Å². The Labute approximate surface area is 137 Å². The molecule has 21 heavy (non-hydrogen) atoms. The number of hydrogen-bond acceptors (Lipinski definition) is 4. The molecule has 0 saturated carbocycles. The van der Waals surface area contributed by atoms with Gasteiger partial charge in [0, 0.05) is 16.7 Å². The first kappa shape index (κ1) is 16.1. The van der Waals surface area contributed by atoms with Crippen molar-refractivity contribution in [2.75, 3.05) is 19.7 Å². The van der Waals surface area contributed by atoms with Crippen LogP contribution in [0, 0.1) is 9.49 Å². The molecule has 1 N–H and O–H groups in total. The molecular formula is C15H18INO4. The molecular weight excluding hydrogens is 385 g/mol. The highest BCUT2D eigenvalue weighted by Crippen LogP contribution is 2.25. The smallest absolute Gasteiger partial charge is 0.309 e. The number of carbonyl (C=O) groups excluding carboxylic acids is 2. The van der Waals surface area contributed by atoms with Crippen LogP contribution in [0.1, 0.15) is 30.1 Å². The number of ether oxygens (including phenoxy) is 1. The highest BCUT2D eigenvalue weighted by Gasteiger charge is 2.29. The summed E-state index contributed by atoms with van der Waals surface area (Å²) < 4.78 is 5.91. The molecule has 5 nitrogen and oxygen atoms in total. The third-order valence-electron chi connectivity index (χ3n) is 3.59. The van der Waals surface area contributed by atoms with E-state index in [1.807, 2.05) is 0 Å². The number of esters is 1. The highest BCUT2D eigenvalue weighted by atomic mass is 127. The summed E-state index contributed by atoms with van der Waals surface area (Å²) in [5.41, 5.74) is 0.316. The van der Waals surface area contributed by atoms with E-state index in [9.17, 15) is 14.7 Å². The maximum absolute atomic E-state index is 12.4. The lowest BCUT2D eigenvalue weighted by molar-refractivity contribution is -0.149. The second-order valence-corrected chi connectivity index (χ2v) is 6.23. The van der Waals surface area contributed by atoms with E-state index in [0.717, 1.165) is 3.57 Å². The van der Waals surface area contributed by atoms with Crippen LogP contribution >= 0.6 is 22.6 Å². The number of benzene rings is 1. The number of rotatable bonds is 3. The van der Waals surface area contributed by atoms with Crippen molar-refractivity contribution < 1.29 is 19.4 Å². The van der Waals surface area contributed by atoms with E-state index in [4.69, 9.17) is 4.74 Å². The highest BCUT2D eigenvalue weighted by molar-refractivity contribution is 14.1. The van der Waals surface area contributed by atoms with Gasteiger partial charge < -0.3 is 14.7 Å². The van der Waals surface area contributed by atoms with E-state index in [-0.39, 0.29) is 23.5 Å². The van der Waals surface area contributed by atoms with Crippen molar-refractivity contribution >= 4 is 34.5 Å². The molecule has 0 aliphatic carbocycles. The van der Waals surface area contributed by atoms with Crippen molar-refractivity contribution in [1.82, 2.24) is 4.90 Å². The Kier molecular flexibility index (Phi) is 5.44. The Morgan fingerprint density at radius 1 is 1.38 bits per heavy atom. The molecule has 1 saturated heterocycles. The van der Waals surface area contributed by atoms with Gasteiger partial charge in [0.15, 0.2) is 0 Å². The van der Waals surface area contributed by atoms with E-state index >= 15 is 0 Å². The quantitative estimate of drug-likeness (QED) is 0.622. The number of piperidine rings is 1. The second kappa shape index (κ2) is 7.11. The minimum Gasteiger partial charge on any atom is -0.507 e. The average Bonchev–Trinajstić information content (AvgIpc) is 2.49. The van der Waals surface area contributed by atoms with Gasteiger partial charge in [0.05, 0.1) is 18.1 Å². The number of likely N-dealkylation sites (tertiary alicyclic amines) is 1. The van der Waals surface area contributed by atoms with E-state index in [1.165, 1.54) is 6.07 Å². The molecule has 1 aliphatic rings. The van der Waals surface area contributed by atoms with Gasteiger partial charge in [0.25, 0.3) is 5.91 Å². The van der Waals surface area contributed by atoms with Gasteiger partial charge in [-0.2, -0.15) is 0 Å². The predicted molar refractivity (Wildman–Crippen MR) is 86.1 cm³/mol. The van der Waals surface area contributed by atoms with Crippen LogP contribution < -0.4 is 0 Å². The average molecular weight is 403 g/mol. The Morgan fingerprint density at radius 3 is 2.67 bits per heavy atom. The summed E-state index contributed by atoms with van der Waals surface area (Å²) in [6.07, 6.45) is 1.21. The van der Waals surface area contributed by atoms with Crippen molar-refractivity contribution in [2.24, 2.45) is 5.92 Å². The minimum absolute atomic E-state index is 0.00654. The Bertz CT molecular complexity index is 538. The summed E-state index contributed by atoms with van der Waals surface area (Å²) in [6.45, 7) is 3.19. The topological polar surface area (TPSA) is 66.8 Å². The van der Waals surface area contributed by atoms with Crippen LogP contribution in [0.4, 0.5) is 0 Å². The van der Waals surface area contributed by atoms with Crippen LogP contribution in [-0.4, -0.2) is 41.6 Å². The first-order valence-corrected chi connectivity index (χ1v) is 8.05. The first-order chi connectivity index (χ1) is 10.0. The zero-order chi connectivity index (χ0) is 15.4. The molecule has 0 aromatic heterocycles. The number of nitrogens with zero attached hydrogens (tertiary/aromatic N) is 1. The molecule has 0 spiro atoms. The summed E-state index contributed by atoms with van der Waals surface area (Å²) in [5, 5.41) is 9.82. The lowest BCUT2D eigenvalue weighted by Crippen LogP contribution is -2.40. The van der Waals surface area contributed by atoms with Gasteiger partial charge in [-0.05, 0) is 60.6 Å². The third kappa shape index (κ3) is 3.87. The fourth-order valence-corrected chi connectivity index (χ4v) is 2.92. The lowest BCUT2D eigenvalue weighted by Gasteiger charge is -2.31. The number of phenolic OH excluding ortho intramolecular Hbond substituents is 1. The molecule has 1 fully saturated rings. The molecule has 0 radical (unpaired) electrons. The number of carbonyl (C=O) groups is 2. The molecule has 1 heterocycles. The predicted octanol–water partition coefficient (Wildman–Crippen LogP) is 2.41. The van der Waals surface area contributed by atoms with Crippen LogP contribution in [0.15, 0.2) is 18.2 Å². The van der Waals surface area contributed by atoms with Crippen LogP contribution in [0.5, 0.6) is 5.75 Å². The summed E-state index contributed by atoms with van der Waals surface area (Å²) in [7, 11) is 0. The van der Waals surface area contributed by atoms with Gasteiger partial charge in [-0.1, -0.05) is 0 Å². The summed E-state index contributed by atoms with van der Waals surface area (Å²) in [6, 6.07) is 4.95. The maximum atomic E-state index is 12.4. The van der Waals surface area contributed by atoms with Crippen LogP contribution in [-0.2, 0) is 9.53 Å². The van der Waals surface area contributed by atoms with Crippen molar-refractivity contribution in [3.05, 3.63) is 27.3 Å². The molecule has 0 bridgehead atoms. The Hall–Kier alpha value is -1.31. The van der Waals surface area contributed by atoms with E-state index in [1.54, 1.807) is 24.0 Å². The van der Waals surface area contributed by atoms with Crippen molar-refractivity contribution in [3.8, 4) is 5.75 Å². The van der Waals surface area contributed by atoms with Crippen molar-refractivity contribution in [3.63, 3.8) is 0 Å². The normalized spacial score (nSPS) is 15.8. The summed E-state index contributed by atoms with van der Waals surface area (Å²) >= 11 is 2.10. The number of halogens is 1. The molecule has 0 atom stereocenters. The molecule has 1 aliphatic heterocycles. The fourth-order valence-electron chi connectivity index (χ4n) is 2.43. The number of amides is 1. The first-order valence-electron chi connectivity index (χ1n) is 6.97. The zero-order valence-corrected chi connectivity index (χ0v) is 14.0. The molecule has 0 unspecified atom stereocenters. The number of aromatic hydroxyl groups is 1. The minimum atomic E-state index is -0.187. The fraction of sp³-hybridized carbons (Fsp3) is 0.467.